The topological polar surface area (TPSA) is 0 Å². The number of halogens is 1. The minimum absolute atomic E-state index is 1.27. The first-order valence-electron chi connectivity index (χ1n) is 10.8. The highest BCUT2D eigenvalue weighted by Crippen LogP contribution is 2.15. The lowest BCUT2D eigenvalue weighted by molar-refractivity contribution is 1.40. The Morgan fingerprint density at radius 1 is 0.467 bits per heavy atom. The fourth-order valence-corrected chi connectivity index (χ4v) is 10.6. The van der Waals surface area contributed by atoms with Gasteiger partial charge in [-0.1, -0.05) is 128 Å². The lowest BCUT2D eigenvalue weighted by Gasteiger charge is -2.29. The molecular weight excluding hydrogens is 432 g/mol. The molecule has 0 bridgehead atoms. The SMILES string of the molecule is Cc1cc(C)cc([Si](Cl)(c2ccc([Si](C)(C)C)cc2)c2ccc([Si](C)(C)C)cc2)c1. The van der Waals surface area contributed by atoms with Gasteiger partial charge in [-0.3, -0.25) is 0 Å². The van der Waals surface area contributed by atoms with E-state index in [0.717, 1.165) is 0 Å². The molecule has 3 rings (SSSR count). The molecule has 0 saturated carbocycles. The minimum atomic E-state index is -2.60. The summed E-state index contributed by atoms with van der Waals surface area (Å²) in [5, 5.41) is 6.79. The Balaban J connectivity index is 2.21. The molecule has 0 amide bonds. The van der Waals surface area contributed by atoms with Crippen LogP contribution in [0.1, 0.15) is 11.1 Å². The van der Waals surface area contributed by atoms with E-state index in [9.17, 15) is 0 Å². The summed E-state index contributed by atoms with van der Waals surface area (Å²) in [6.07, 6.45) is 0. The summed E-state index contributed by atoms with van der Waals surface area (Å²) in [7, 11) is -5.29. The maximum absolute atomic E-state index is 7.75. The third kappa shape index (κ3) is 4.75. The van der Waals surface area contributed by atoms with Crippen molar-refractivity contribution < 1.29 is 0 Å². The molecule has 0 saturated heterocycles. The van der Waals surface area contributed by atoms with Crippen LogP contribution in [0.25, 0.3) is 0 Å². The molecule has 0 fully saturated rings. The summed E-state index contributed by atoms with van der Waals surface area (Å²) < 4.78 is 0. The predicted molar refractivity (Wildman–Crippen MR) is 145 cm³/mol. The molecule has 3 aromatic carbocycles. The van der Waals surface area contributed by atoms with Crippen molar-refractivity contribution >= 4 is 60.5 Å². The van der Waals surface area contributed by atoms with Gasteiger partial charge in [0.05, 0.1) is 16.1 Å². The van der Waals surface area contributed by atoms with Gasteiger partial charge in [0, 0.05) is 0 Å². The number of rotatable bonds is 5. The molecule has 0 aliphatic carbocycles. The number of benzene rings is 3. The van der Waals surface area contributed by atoms with Crippen molar-refractivity contribution in [2.24, 2.45) is 0 Å². The molecule has 0 aromatic heterocycles. The molecule has 0 spiro atoms. The first-order chi connectivity index (χ1) is 13.8. The molecule has 0 aliphatic heterocycles. The van der Waals surface area contributed by atoms with Crippen molar-refractivity contribution in [3.63, 3.8) is 0 Å². The van der Waals surface area contributed by atoms with Crippen LogP contribution in [0.3, 0.4) is 0 Å². The fraction of sp³-hybridized carbons (Fsp3) is 0.308. The van der Waals surface area contributed by atoms with E-state index in [-0.39, 0.29) is 0 Å². The molecular formula is C26H35ClSi3. The van der Waals surface area contributed by atoms with Gasteiger partial charge in [-0.15, -0.1) is 11.1 Å². The van der Waals surface area contributed by atoms with Crippen molar-refractivity contribution in [3.8, 4) is 0 Å². The Kier molecular flexibility index (Phi) is 6.41. The molecule has 0 atom stereocenters. The van der Waals surface area contributed by atoms with E-state index in [4.69, 9.17) is 11.1 Å². The number of hydrogen-bond acceptors (Lipinski definition) is 0. The molecule has 0 nitrogen and oxygen atoms in total. The Bertz CT molecular complexity index is 946. The smallest absolute Gasteiger partial charge is 0.149 e. The minimum Gasteiger partial charge on any atom is -0.149 e. The summed E-state index contributed by atoms with van der Waals surface area (Å²) in [4.78, 5) is 0. The van der Waals surface area contributed by atoms with E-state index in [2.05, 4.69) is 120 Å². The Morgan fingerprint density at radius 3 is 1.07 bits per heavy atom. The van der Waals surface area contributed by atoms with Gasteiger partial charge in [0.25, 0.3) is 0 Å². The maximum Gasteiger partial charge on any atom is 0.247 e. The van der Waals surface area contributed by atoms with E-state index in [1.165, 1.54) is 37.1 Å². The van der Waals surface area contributed by atoms with E-state index in [1.807, 2.05) is 0 Å². The second-order valence-electron chi connectivity index (χ2n) is 10.7. The van der Waals surface area contributed by atoms with Crippen LogP contribution in [-0.2, 0) is 0 Å². The zero-order chi connectivity index (χ0) is 22.3. The summed E-state index contributed by atoms with van der Waals surface area (Å²) >= 11 is 7.75. The van der Waals surface area contributed by atoms with Gasteiger partial charge >= 0.3 is 0 Å². The van der Waals surface area contributed by atoms with Crippen LogP contribution in [0.4, 0.5) is 0 Å². The third-order valence-electron chi connectivity index (χ3n) is 5.92. The highest BCUT2D eigenvalue weighted by atomic mass is 35.6. The summed E-state index contributed by atoms with van der Waals surface area (Å²) in [5.41, 5.74) is 2.56. The average molecular weight is 467 g/mol. The molecule has 0 heterocycles. The first-order valence-corrected chi connectivity index (χ1v) is 20.8. The van der Waals surface area contributed by atoms with Crippen molar-refractivity contribution in [2.45, 2.75) is 53.1 Å². The molecule has 0 aliphatic rings. The Hall–Kier alpha value is -1.40. The van der Waals surface area contributed by atoms with E-state index in [1.54, 1.807) is 0 Å². The van der Waals surface area contributed by atoms with Crippen LogP contribution >= 0.6 is 11.1 Å². The average Bonchev–Trinajstić information content (AvgIpc) is 2.65. The van der Waals surface area contributed by atoms with Crippen LogP contribution in [0.15, 0.2) is 66.7 Å². The fourth-order valence-electron chi connectivity index (χ4n) is 4.07. The van der Waals surface area contributed by atoms with Crippen molar-refractivity contribution in [1.29, 1.82) is 0 Å². The van der Waals surface area contributed by atoms with Gasteiger partial charge in [-0.2, -0.15) is 0 Å². The molecule has 3 aromatic rings. The standard InChI is InChI=1S/C26H35ClSi3/c1-20-17-21(2)19-26(18-20)30(27,24-13-9-22(10-14-24)28(3,4)5)25-15-11-23(12-16-25)29(6,7)8/h9-19H,1-8H3. The van der Waals surface area contributed by atoms with Crippen LogP contribution in [0, 0.1) is 13.8 Å². The zero-order valence-electron chi connectivity index (χ0n) is 19.7. The van der Waals surface area contributed by atoms with Gasteiger partial charge in [-0.05, 0) is 29.4 Å². The molecule has 0 unspecified atom stereocenters. The van der Waals surface area contributed by atoms with Crippen LogP contribution < -0.4 is 25.9 Å². The van der Waals surface area contributed by atoms with Crippen LogP contribution in [0.5, 0.6) is 0 Å². The number of hydrogen-bond donors (Lipinski definition) is 0. The van der Waals surface area contributed by atoms with Crippen molar-refractivity contribution in [3.05, 3.63) is 77.9 Å². The third-order valence-corrected chi connectivity index (χ3v) is 15.4. The van der Waals surface area contributed by atoms with Gasteiger partial charge in [-0.25, -0.2) is 0 Å². The largest absolute Gasteiger partial charge is 0.247 e. The van der Waals surface area contributed by atoms with E-state index in [0.29, 0.717) is 0 Å². The highest BCUT2D eigenvalue weighted by molar-refractivity contribution is 7.40. The molecule has 0 N–H and O–H groups in total. The summed E-state index contributed by atoms with van der Waals surface area (Å²) in [5.74, 6) is 0. The number of aryl methyl sites for hydroxylation is 2. The Morgan fingerprint density at radius 2 is 0.767 bits per heavy atom. The van der Waals surface area contributed by atoms with Gasteiger partial charge in [0.15, 0.2) is 0 Å². The second kappa shape index (κ2) is 8.27. The normalized spacial score (nSPS) is 12.8. The van der Waals surface area contributed by atoms with Crippen LogP contribution in [0.2, 0.25) is 39.3 Å². The lowest BCUT2D eigenvalue weighted by atomic mass is 10.2. The van der Waals surface area contributed by atoms with Gasteiger partial charge in [0.2, 0.25) is 7.38 Å². The summed E-state index contributed by atoms with van der Waals surface area (Å²) in [6, 6.07) is 25.3. The molecule has 0 radical (unpaired) electrons. The lowest BCUT2D eigenvalue weighted by Crippen LogP contribution is -2.63. The van der Waals surface area contributed by atoms with Gasteiger partial charge in [0.1, 0.15) is 0 Å². The van der Waals surface area contributed by atoms with E-state index >= 15 is 0 Å². The van der Waals surface area contributed by atoms with E-state index < -0.39 is 23.5 Å². The van der Waals surface area contributed by atoms with Crippen molar-refractivity contribution in [2.75, 3.05) is 0 Å². The van der Waals surface area contributed by atoms with Crippen molar-refractivity contribution in [1.82, 2.24) is 0 Å². The van der Waals surface area contributed by atoms with Crippen LogP contribution in [-0.4, -0.2) is 23.5 Å². The molecule has 30 heavy (non-hydrogen) atoms. The highest BCUT2D eigenvalue weighted by Gasteiger charge is 2.38. The quantitative estimate of drug-likeness (QED) is 0.293. The second-order valence-corrected chi connectivity index (χ2v) is 25.6. The maximum atomic E-state index is 7.75. The molecule has 158 valence electrons. The predicted octanol–water partition coefficient (Wildman–Crippen LogP) is 4.60. The van der Waals surface area contributed by atoms with Gasteiger partial charge < -0.3 is 0 Å². The Labute approximate surface area is 191 Å². The summed E-state index contributed by atoms with van der Waals surface area (Å²) in [6.45, 7) is 18.7. The first kappa shape index (κ1) is 23.3. The molecule has 4 heteroatoms. The monoisotopic (exact) mass is 466 g/mol. The zero-order valence-corrected chi connectivity index (χ0v) is 23.5.